The third-order valence-electron chi connectivity index (χ3n) is 2.80. The Balaban J connectivity index is 2.11. The molecule has 2 unspecified atom stereocenters. The van der Waals surface area contributed by atoms with Crippen LogP contribution in [0.2, 0.25) is 5.02 Å². The van der Waals surface area contributed by atoms with Crippen molar-refractivity contribution in [2.75, 3.05) is 5.73 Å². The van der Waals surface area contributed by atoms with Gasteiger partial charge in [0.05, 0.1) is 15.7 Å². The van der Waals surface area contributed by atoms with Crippen LogP contribution in [0, 0.1) is 0 Å². The van der Waals surface area contributed by atoms with Gasteiger partial charge in [-0.1, -0.05) is 11.6 Å². The van der Waals surface area contributed by atoms with E-state index in [1.54, 1.807) is 25.1 Å². The lowest BCUT2D eigenvalue weighted by Crippen LogP contribution is -2.36. The van der Waals surface area contributed by atoms with Gasteiger partial charge in [-0.3, -0.25) is 9.00 Å². The quantitative estimate of drug-likeness (QED) is 0.828. The van der Waals surface area contributed by atoms with Crippen LogP contribution in [0.1, 0.15) is 19.8 Å². The summed E-state index contributed by atoms with van der Waals surface area (Å²) in [6, 6.07) is 5.03. The Morgan fingerprint density at radius 2 is 2.22 bits per heavy atom. The topological polar surface area (TPSA) is 72.2 Å². The highest BCUT2D eigenvalue weighted by molar-refractivity contribution is 7.86. The number of halogens is 1. The van der Waals surface area contributed by atoms with E-state index in [2.05, 4.69) is 5.32 Å². The number of rotatable bonds is 4. The van der Waals surface area contributed by atoms with Gasteiger partial charge >= 0.3 is 0 Å². The molecular formula is C12H15ClN2O2S. The van der Waals surface area contributed by atoms with Gasteiger partial charge in [-0.05, 0) is 38.0 Å². The smallest absolute Gasteiger partial charge is 0.236 e. The largest absolute Gasteiger partial charge is 0.398 e. The van der Waals surface area contributed by atoms with Crippen molar-refractivity contribution >= 4 is 34.0 Å². The molecule has 1 aromatic rings. The summed E-state index contributed by atoms with van der Waals surface area (Å²) in [4.78, 5) is 12.3. The van der Waals surface area contributed by atoms with E-state index in [4.69, 9.17) is 17.3 Å². The van der Waals surface area contributed by atoms with Crippen LogP contribution >= 0.6 is 11.6 Å². The highest BCUT2D eigenvalue weighted by atomic mass is 35.5. The van der Waals surface area contributed by atoms with Crippen LogP contribution in [0.3, 0.4) is 0 Å². The normalized spacial score (nSPS) is 18.1. The fraction of sp³-hybridized carbons (Fsp3) is 0.417. The minimum atomic E-state index is -1.46. The van der Waals surface area contributed by atoms with Crippen LogP contribution in [0.15, 0.2) is 23.1 Å². The predicted molar refractivity (Wildman–Crippen MR) is 72.9 cm³/mol. The zero-order chi connectivity index (χ0) is 13.3. The van der Waals surface area contributed by atoms with Crippen molar-refractivity contribution in [3.63, 3.8) is 0 Å². The van der Waals surface area contributed by atoms with Crippen molar-refractivity contribution in [1.29, 1.82) is 0 Å². The molecule has 2 rings (SSSR count). The minimum Gasteiger partial charge on any atom is -0.398 e. The Bertz CT molecular complexity index is 503. The maximum absolute atomic E-state index is 12.2. The summed E-state index contributed by atoms with van der Waals surface area (Å²) in [7, 11) is -1.46. The molecule has 1 amide bonds. The molecule has 3 N–H and O–H groups in total. The van der Waals surface area contributed by atoms with E-state index < -0.39 is 16.0 Å². The second-order valence-electron chi connectivity index (χ2n) is 4.40. The molecule has 2 atom stereocenters. The molecule has 1 aliphatic rings. The van der Waals surface area contributed by atoms with Crippen LogP contribution in [0.25, 0.3) is 0 Å². The van der Waals surface area contributed by atoms with Gasteiger partial charge in [0, 0.05) is 16.8 Å². The van der Waals surface area contributed by atoms with Crippen LogP contribution in [0.4, 0.5) is 5.69 Å². The molecular weight excluding hydrogens is 272 g/mol. The molecule has 0 aromatic heterocycles. The van der Waals surface area contributed by atoms with E-state index in [9.17, 15) is 9.00 Å². The number of nitrogens with one attached hydrogen (secondary N) is 1. The number of hydrogen-bond acceptors (Lipinski definition) is 3. The highest BCUT2D eigenvalue weighted by Gasteiger charge is 2.29. The molecule has 4 nitrogen and oxygen atoms in total. The highest BCUT2D eigenvalue weighted by Crippen LogP contribution is 2.24. The lowest BCUT2D eigenvalue weighted by atomic mass is 10.3. The van der Waals surface area contributed by atoms with Gasteiger partial charge in [-0.25, -0.2) is 0 Å². The first-order chi connectivity index (χ1) is 8.49. The van der Waals surface area contributed by atoms with Crippen LogP contribution in [0.5, 0.6) is 0 Å². The zero-order valence-electron chi connectivity index (χ0n) is 9.98. The van der Waals surface area contributed by atoms with Crippen LogP contribution in [-0.2, 0) is 15.6 Å². The fourth-order valence-electron chi connectivity index (χ4n) is 1.54. The average molecular weight is 287 g/mol. The third kappa shape index (κ3) is 3.03. The lowest BCUT2D eigenvalue weighted by Gasteiger charge is -2.13. The number of carbonyl (C=O) groups is 1. The van der Waals surface area contributed by atoms with Gasteiger partial charge in [-0.15, -0.1) is 0 Å². The third-order valence-corrected chi connectivity index (χ3v) is 4.70. The van der Waals surface area contributed by atoms with E-state index in [-0.39, 0.29) is 11.9 Å². The molecule has 98 valence electrons. The lowest BCUT2D eigenvalue weighted by molar-refractivity contribution is -0.120. The van der Waals surface area contributed by atoms with Gasteiger partial charge in [0.15, 0.2) is 0 Å². The molecule has 0 spiro atoms. The van der Waals surface area contributed by atoms with Gasteiger partial charge < -0.3 is 11.1 Å². The molecule has 1 fully saturated rings. The van der Waals surface area contributed by atoms with Gasteiger partial charge in [0.25, 0.3) is 0 Å². The van der Waals surface area contributed by atoms with Gasteiger partial charge in [0.1, 0.15) is 5.25 Å². The summed E-state index contributed by atoms with van der Waals surface area (Å²) in [6.07, 6.45) is 2.02. The number of carbonyl (C=O) groups excluding carboxylic acids is 1. The first-order valence-corrected chi connectivity index (χ1v) is 7.34. The maximum atomic E-state index is 12.2. The Kier molecular flexibility index (Phi) is 3.92. The number of nitrogen functional groups attached to an aromatic ring is 1. The first kappa shape index (κ1) is 13.4. The Hall–Kier alpha value is -1.07. The van der Waals surface area contributed by atoms with Crippen molar-refractivity contribution < 1.29 is 9.00 Å². The van der Waals surface area contributed by atoms with E-state index in [1.165, 1.54) is 0 Å². The summed E-state index contributed by atoms with van der Waals surface area (Å²) in [5.41, 5.74) is 6.12. The summed E-state index contributed by atoms with van der Waals surface area (Å²) in [5.74, 6) is -0.190. The van der Waals surface area contributed by atoms with Gasteiger partial charge in [0.2, 0.25) is 5.91 Å². The summed E-state index contributed by atoms with van der Waals surface area (Å²) in [5, 5.41) is 2.71. The number of hydrogen-bond donors (Lipinski definition) is 2. The van der Waals surface area contributed by atoms with E-state index in [1.807, 2.05) is 0 Å². The molecule has 0 saturated heterocycles. The average Bonchev–Trinajstić information content (AvgIpc) is 3.11. The zero-order valence-corrected chi connectivity index (χ0v) is 11.6. The Morgan fingerprint density at radius 1 is 1.56 bits per heavy atom. The Labute approximate surface area is 113 Å². The second kappa shape index (κ2) is 5.28. The van der Waals surface area contributed by atoms with E-state index in [0.717, 1.165) is 12.8 Å². The molecule has 0 aliphatic heterocycles. The van der Waals surface area contributed by atoms with E-state index in [0.29, 0.717) is 15.6 Å². The monoisotopic (exact) mass is 286 g/mol. The molecule has 6 heteroatoms. The standard InChI is InChI=1S/C12H15ClN2O2S/c1-7(12(16)15-9-3-4-9)18(17)11-5-2-8(13)6-10(11)14/h2,5-7,9H,3-4,14H2,1H3,(H,15,16). The van der Waals surface area contributed by atoms with Crippen LogP contribution < -0.4 is 11.1 Å². The summed E-state index contributed by atoms with van der Waals surface area (Å²) >= 11 is 5.78. The van der Waals surface area contributed by atoms with Gasteiger partial charge in [-0.2, -0.15) is 0 Å². The molecule has 0 bridgehead atoms. The molecule has 1 aromatic carbocycles. The molecule has 18 heavy (non-hydrogen) atoms. The number of amides is 1. The maximum Gasteiger partial charge on any atom is 0.236 e. The van der Waals surface area contributed by atoms with Crippen molar-refractivity contribution in [3.8, 4) is 0 Å². The van der Waals surface area contributed by atoms with Crippen molar-refractivity contribution in [1.82, 2.24) is 5.32 Å². The number of benzene rings is 1. The predicted octanol–water partition coefficient (Wildman–Crippen LogP) is 1.70. The SMILES string of the molecule is CC(C(=O)NC1CC1)S(=O)c1ccc(Cl)cc1N. The molecule has 1 aliphatic carbocycles. The van der Waals surface area contributed by atoms with E-state index >= 15 is 0 Å². The summed E-state index contributed by atoms with van der Waals surface area (Å²) < 4.78 is 12.2. The minimum absolute atomic E-state index is 0.190. The second-order valence-corrected chi connectivity index (χ2v) is 6.58. The molecule has 1 saturated carbocycles. The number of nitrogens with two attached hydrogens (primary N) is 1. The van der Waals surface area contributed by atoms with Crippen molar-refractivity contribution in [2.45, 2.75) is 36.0 Å². The molecule has 0 heterocycles. The first-order valence-electron chi connectivity index (χ1n) is 5.75. The van der Waals surface area contributed by atoms with Crippen LogP contribution in [-0.4, -0.2) is 21.4 Å². The molecule has 0 radical (unpaired) electrons. The Morgan fingerprint density at radius 3 is 2.78 bits per heavy atom. The summed E-state index contributed by atoms with van der Waals surface area (Å²) in [6.45, 7) is 1.64. The number of anilines is 1. The fourth-order valence-corrected chi connectivity index (χ4v) is 2.85. The van der Waals surface area contributed by atoms with Crippen molar-refractivity contribution in [2.24, 2.45) is 0 Å². The van der Waals surface area contributed by atoms with Crippen molar-refractivity contribution in [3.05, 3.63) is 23.2 Å².